The number of aliphatic carboxylic acids is 1. The predicted octanol–water partition coefficient (Wildman–Crippen LogP) is 3.78. The highest BCUT2D eigenvalue weighted by molar-refractivity contribution is 5.81. The molecule has 0 atom stereocenters. The minimum Gasteiger partial charge on any atom is -0.481 e. The van der Waals surface area contributed by atoms with Crippen LogP contribution >= 0.6 is 0 Å². The zero-order chi connectivity index (χ0) is 14.1. The lowest BCUT2D eigenvalue weighted by Gasteiger charge is -1.98. The van der Waals surface area contributed by atoms with Gasteiger partial charge in [0.2, 0.25) is 0 Å². The SMILES string of the molecule is CC(=O)O.CCCCCCc1[nH]nc2ccccc12. The maximum atomic E-state index is 9.00. The Morgan fingerprint density at radius 3 is 2.63 bits per heavy atom. The molecule has 0 radical (unpaired) electrons. The molecule has 0 bridgehead atoms. The number of aromatic amines is 1. The summed E-state index contributed by atoms with van der Waals surface area (Å²) < 4.78 is 0. The van der Waals surface area contributed by atoms with Crippen LogP contribution in [-0.2, 0) is 11.2 Å². The molecule has 0 aliphatic carbocycles. The number of hydrogen-bond acceptors (Lipinski definition) is 2. The second kappa shape index (κ2) is 8.29. The molecule has 19 heavy (non-hydrogen) atoms. The monoisotopic (exact) mass is 262 g/mol. The summed E-state index contributed by atoms with van der Waals surface area (Å²) >= 11 is 0. The van der Waals surface area contributed by atoms with Crippen molar-refractivity contribution in [3.05, 3.63) is 30.0 Å². The highest BCUT2D eigenvalue weighted by Gasteiger charge is 2.03. The van der Waals surface area contributed by atoms with Crippen molar-refractivity contribution in [2.45, 2.75) is 46.0 Å². The van der Waals surface area contributed by atoms with Gasteiger partial charge < -0.3 is 5.11 Å². The lowest BCUT2D eigenvalue weighted by molar-refractivity contribution is -0.134. The van der Waals surface area contributed by atoms with Crippen LogP contribution in [0.15, 0.2) is 24.3 Å². The number of carboxylic acid groups (broad SMARTS) is 1. The van der Waals surface area contributed by atoms with Crippen LogP contribution < -0.4 is 0 Å². The van der Waals surface area contributed by atoms with Crippen molar-refractivity contribution in [2.24, 2.45) is 0 Å². The summed E-state index contributed by atoms with van der Waals surface area (Å²) in [5, 5.41) is 16.1. The first-order chi connectivity index (χ1) is 9.15. The molecule has 2 aromatic rings. The number of para-hydroxylation sites is 1. The van der Waals surface area contributed by atoms with Gasteiger partial charge in [-0.25, -0.2) is 0 Å². The normalized spacial score (nSPS) is 10.0. The topological polar surface area (TPSA) is 66.0 Å². The van der Waals surface area contributed by atoms with Crippen molar-refractivity contribution in [1.82, 2.24) is 10.2 Å². The van der Waals surface area contributed by atoms with Crippen LogP contribution in [0, 0.1) is 0 Å². The van der Waals surface area contributed by atoms with Gasteiger partial charge in [0.25, 0.3) is 5.97 Å². The number of unbranched alkanes of at least 4 members (excludes halogenated alkanes) is 3. The number of nitrogens with one attached hydrogen (secondary N) is 1. The number of benzene rings is 1. The van der Waals surface area contributed by atoms with Crippen molar-refractivity contribution < 1.29 is 9.90 Å². The van der Waals surface area contributed by atoms with Gasteiger partial charge in [0.15, 0.2) is 0 Å². The molecule has 1 aromatic heterocycles. The molecule has 4 heteroatoms. The Hall–Kier alpha value is -1.84. The number of hydrogen-bond donors (Lipinski definition) is 2. The van der Waals surface area contributed by atoms with E-state index in [2.05, 4.69) is 35.3 Å². The Labute approximate surface area is 113 Å². The third-order valence-electron chi connectivity index (χ3n) is 2.82. The molecule has 0 spiro atoms. The van der Waals surface area contributed by atoms with E-state index in [1.54, 1.807) is 0 Å². The number of carbonyl (C=O) groups is 1. The molecule has 0 aliphatic rings. The number of aromatic nitrogens is 2. The third-order valence-corrected chi connectivity index (χ3v) is 2.82. The largest absolute Gasteiger partial charge is 0.481 e. The average molecular weight is 262 g/mol. The number of aryl methyl sites for hydroxylation is 1. The van der Waals surface area contributed by atoms with Crippen LogP contribution in [0.3, 0.4) is 0 Å². The highest BCUT2D eigenvalue weighted by Crippen LogP contribution is 2.17. The molecule has 2 N–H and O–H groups in total. The van der Waals surface area contributed by atoms with Crippen LogP contribution in [0.2, 0.25) is 0 Å². The molecule has 0 amide bonds. The smallest absolute Gasteiger partial charge is 0.300 e. The van der Waals surface area contributed by atoms with E-state index >= 15 is 0 Å². The molecule has 4 nitrogen and oxygen atoms in total. The Morgan fingerprint density at radius 1 is 1.26 bits per heavy atom. The van der Waals surface area contributed by atoms with Crippen molar-refractivity contribution in [3.63, 3.8) is 0 Å². The standard InChI is InChI=1S/C13H18N2.C2H4O2/c1-2-3-4-5-9-12-11-8-6-7-10-13(11)15-14-12;1-2(3)4/h6-8,10H,2-5,9H2,1H3,(H,14,15);1H3,(H,3,4). The Bertz CT molecular complexity index is 502. The van der Waals surface area contributed by atoms with Gasteiger partial charge in [-0.2, -0.15) is 5.10 Å². The van der Waals surface area contributed by atoms with Crippen molar-refractivity contribution in [1.29, 1.82) is 0 Å². The molecule has 2 rings (SSSR count). The van der Waals surface area contributed by atoms with E-state index in [-0.39, 0.29) is 0 Å². The molecule has 0 saturated carbocycles. The summed E-state index contributed by atoms with van der Waals surface area (Å²) in [4.78, 5) is 9.00. The lowest BCUT2D eigenvalue weighted by Crippen LogP contribution is -1.86. The van der Waals surface area contributed by atoms with Crippen LogP contribution in [0.1, 0.15) is 45.2 Å². The quantitative estimate of drug-likeness (QED) is 0.806. The van der Waals surface area contributed by atoms with Gasteiger partial charge in [-0.3, -0.25) is 9.89 Å². The molecular formula is C15H22N2O2. The van der Waals surface area contributed by atoms with Crippen molar-refractivity contribution in [2.75, 3.05) is 0 Å². The summed E-state index contributed by atoms with van der Waals surface area (Å²) in [6.07, 6.45) is 6.35. The lowest BCUT2D eigenvalue weighted by atomic mass is 10.1. The zero-order valence-electron chi connectivity index (χ0n) is 11.6. The molecule has 0 unspecified atom stereocenters. The van der Waals surface area contributed by atoms with E-state index in [4.69, 9.17) is 9.90 Å². The van der Waals surface area contributed by atoms with E-state index in [9.17, 15) is 0 Å². The predicted molar refractivity (Wildman–Crippen MR) is 77.2 cm³/mol. The molecule has 0 saturated heterocycles. The first kappa shape index (κ1) is 15.2. The number of rotatable bonds is 5. The van der Waals surface area contributed by atoms with E-state index in [1.165, 1.54) is 36.8 Å². The van der Waals surface area contributed by atoms with Crippen LogP contribution in [-0.4, -0.2) is 21.3 Å². The maximum absolute atomic E-state index is 9.00. The minimum atomic E-state index is -0.833. The fourth-order valence-corrected chi connectivity index (χ4v) is 1.93. The van der Waals surface area contributed by atoms with Crippen molar-refractivity contribution in [3.8, 4) is 0 Å². The number of carboxylic acids is 1. The van der Waals surface area contributed by atoms with E-state index in [0.29, 0.717) is 0 Å². The Balaban J connectivity index is 0.000000399. The number of fused-ring (bicyclic) bond motifs is 1. The first-order valence-corrected chi connectivity index (χ1v) is 6.76. The molecule has 104 valence electrons. The zero-order valence-corrected chi connectivity index (χ0v) is 11.6. The van der Waals surface area contributed by atoms with Crippen LogP contribution in [0.4, 0.5) is 0 Å². The van der Waals surface area contributed by atoms with Gasteiger partial charge in [0.1, 0.15) is 0 Å². The van der Waals surface area contributed by atoms with Gasteiger partial charge in [-0.1, -0.05) is 44.4 Å². The van der Waals surface area contributed by atoms with Gasteiger partial charge in [-0.15, -0.1) is 0 Å². The van der Waals surface area contributed by atoms with E-state index < -0.39 is 5.97 Å². The second-order valence-electron chi connectivity index (χ2n) is 4.55. The third kappa shape index (κ3) is 5.55. The van der Waals surface area contributed by atoms with Gasteiger partial charge in [0.05, 0.1) is 5.52 Å². The summed E-state index contributed by atoms with van der Waals surface area (Å²) in [6.45, 7) is 3.32. The Kier molecular flexibility index (Phi) is 6.64. The molecule has 1 aromatic carbocycles. The van der Waals surface area contributed by atoms with Crippen LogP contribution in [0.25, 0.3) is 10.9 Å². The molecule has 1 heterocycles. The fourth-order valence-electron chi connectivity index (χ4n) is 1.93. The minimum absolute atomic E-state index is 0.833. The van der Waals surface area contributed by atoms with Gasteiger partial charge in [0, 0.05) is 18.0 Å². The van der Waals surface area contributed by atoms with E-state index in [1.807, 2.05) is 6.07 Å². The Morgan fingerprint density at radius 2 is 1.95 bits per heavy atom. The van der Waals surface area contributed by atoms with Crippen LogP contribution in [0.5, 0.6) is 0 Å². The molecular weight excluding hydrogens is 240 g/mol. The number of nitrogens with zero attached hydrogens (tertiary/aromatic N) is 1. The average Bonchev–Trinajstić information content (AvgIpc) is 2.78. The maximum Gasteiger partial charge on any atom is 0.300 e. The van der Waals surface area contributed by atoms with E-state index in [0.717, 1.165) is 18.9 Å². The fraction of sp³-hybridized carbons (Fsp3) is 0.467. The van der Waals surface area contributed by atoms with Gasteiger partial charge >= 0.3 is 0 Å². The van der Waals surface area contributed by atoms with Crippen molar-refractivity contribution >= 4 is 16.9 Å². The second-order valence-corrected chi connectivity index (χ2v) is 4.55. The summed E-state index contributed by atoms with van der Waals surface area (Å²) in [5.41, 5.74) is 2.38. The van der Waals surface area contributed by atoms with Gasteiger partial charge in [-0.05, 0) is 18.9 Å². The summed E-state index contributed by atoms with van der Waals surface area (Å²) in [6, 6.07) is 8.31. The number of H-pyrrole nitrogens is 1. The molecule has 0 fully saturated rings. The summed E-state index contributed by atoms with van der Waals surface area (Å²) in [5.74, 6) is -0.833. The first-order valence-electron chi connectivity index (χ1n) is 6.76. The highest BCUT2D eigenvalue weighted by atomic mass is 16.4. The molecule has 0 aliphatic heterocycles. The summed E-state index contributed by atoms with van der Waals surface area (Å²) in [7, 11) is 0.